The Morgan fingerprint density at radius 1 is 1.00 bits per heavy atom. The smallest absolute Gasteiger partial charge is 0.258 e. The zero-order valence-corrected chi connectivity index (χ0v) is 15.0. The maximum atomic E-state index is 12.7. The van der Waals surface area contributed by atoms with E-state index in [0.717, 1.165) is 53.2 Å². The second-order valence-corrected chi connectivity index (χ2v) is 6.87. The summed E-state index contributed by atoms with van der Waals surface area (Å²) in [5, 5.41) is 3.28. The van der Waals surface area contributed by atoms with Crippen LogP contribution in [0.25, 0.3) is 28.0 Å². The molecule has 0 unspecified atom stereocenters. The highest BCUT2D eigenvalue weighted by Gasteiger charge is 2.11. The average molecular weight is 357 g/mol. The van der Waals surface area contributed by atoms with Gasteiger partial charge in [-0.3, -0.25) is 9.20 Å². The summed E-state index contributed by atoms with van der Waals surface area (Å²) in [4.78, 5) is 21.9. The summed E-state index contributed by atoms with van der Waals surface area (Å²) in [6.45, 7) is 3.72. The molecule has 6 nitrogen and oxygen atoms in total. The molecule has 0 saturated heterocycles. The molecule has 0 amide bonds. The normalized spacial score (nSPS) is 14.6. The fraction of sp³-hybridized carbons (Fsp3) is 0.190. The number of imidazole rings is 1. The van der Waals surface area contributed by atoms with Gasteiger partial charge in [0.2, 0.25) is 0 Å². The number of rotatable bonds is 2. The molecule has 0 spiro atoms. The average Bonchev–Trinajstić information content (AvgIpc) is 3.07. The summed E-state index contributed by atoms with van der Waals surface area (Å²) in [6, 6.07) is 9.56. The number of pyridine rings is 2. The van der Waals surface area contributed by atoms with Crippen molar-refractivity contribution in [2.45, 2.75) is 13.3 Å². The van der Waals surface area contributed by atoms with Crippen LogP contribution in [0.3, 0.4) is 0 Å². The van der Waals surface area contributed by atoms with Crippen molar-refractivity contribution in [1.82, 2.24) is 24.1 Å². The van der Waals surface area contributed by atoms with Crippen molar-refractivity contribution >= 4 is 16.9 Å². The van der Waals surface area contributed by atoms with E-state index in [1.807, 2.05) is 54.2 Å². The van der Waals surface area contributed by atoms with E-state index in [9.17, 15) is 4.79 Å². The highest BCUT2D eigenvalue weighted by atomic mass is 16.1. The van der Waals surface area contributed by atoms with E-state index in [0.29, 0.717) is 5.65 Å². The Balaban J connectivity index is 1.61. The van der Waals surface area contributed by atoms with Crippen LogP contribution in [0.4, 0.5) is 0 Å². The molecule has 0 bridgehead atoms. The molecule has 4 aromatic rings. The Kier molecular flexibility index (Phi) is 3.65. The van der Waals surface area contributed by atoms with E-state index in [-0.39, 0.29) is 5.56 Å². The fourth-order valence-corrected chi connectivity index (χ4v) is 3.58. The molecule has 0 aliphatic carbocycles. The largest absolute Gasteiger partial charge is 0.313 e. The van der Waals surface area contributed by atoms with Crippen LogP contribution in [0, 0.1) is 6.92 Å². The van der Waals surface area contributed by atoms with E-state index in [4.69, 9.17) is 4.98 Å². The first-order valence-corrected chi connectivity index (χ1v) is 9.07. The maximum absolute atomic E-state index is 12.7. The lowest BCUT2D eigenvalue weighted by Crippen LogP contribution is -2.22. The quantitative estimate of drug-likeness (QED) is 0.599. The van der Waals surface area contributed by atoms with Crippen LogP contribution in [0.1, 0.15) is 17.8 Å². The summed E-state index contributed by atoms with van der Waals surface area (Å²) in [5.74, 6) is 0. The van der Waals surface area contributed by atoms with Gasteiger partial charge in [0.15, 0.2) is 0 Å². The van der Waals surface area contributed by atoms with Crippen LogP contribution in [-0.4, -0.2) is 31.9 Å². The molecule has 134 valence electrons. The van der Waals surface area contributed by atoms with E-state index in [1.54, 1.807) is 10.5 Å². The lowest BCUT2D eigenvalue weighted by Gasteiger charge is -2.14. The van der Waals surface area contributed by atoms with Crippen LogP contribution < -0.4 is 10.9 Å². The van der Waals surface area contributed by atoms with Crippen LogP contribution in [0.5, 0.6) is 0 Å². The third kappa shape index (κ3) is 2.84. The molecule has 5 rings (SSSR count). The molecule has 0 saturated carbocycles. The minimum absolute atomic E-state index is 0.0594. The van der Waals surface area contributed by atoms with Crippen molar-refractivity contribution in [3.8, 4) is 11.1 Å². The molecule has 1 N–H and O–H groups in total. The molecule has 4 aromatic heterocycles. The molecule has 5 heterocycles. The second-order valence-electron chi connectivity index (χ2n) is 6.87. The molecule has 0 aromatic carbocycles. The molecular weight excluding hydrogens is 338 g/mol. The van der Waals surface area contributed by atoms with Gasteiger partial charge in [0.25, 0.3) is 5.56 Å². The van der Waals surface area contributed by atoms with Gasteiger partial charge in [-0.2, -0.15) is 0 Å². The van der Waals surface area contributed by atoms with Crippen LogP contribution in [0.2, 0.25) is 0 Å². The zero-order chi connectivity index (χ0) is 18.4. The summed E-state index contributed by atoms with van der Waals surface area (Å²) >= 11 is 0. The summed E-state index contributed by atoms with van der Waals surface area (Å²) in [5.41, 5.74) is 6.41. The van der Waals surface area contributed by atoms with Gasteiger partial charge in [0.05, 0.1) is 11.4 Å². The maximum Gasteiger partial charge on any atom is 0.258 e. The predicted octanol–water partition coefficient (Wildman–Crippen LogP) is 2.69. The fourth-order valence-electron chi connectivity index (χ4n) is 3.58. The number of fused-ring (bicyclic) bond motifs is 2. The van der Waals surface area contributed by atoms with Crippen LogP contribution in [0.15, 0.2) is 59.8 Å². The Labute approximate surface area is 155 Å². The monoisotopic (exact) mass is 357 g/mol. The van der Waals surface area contributed by atoms with E-state index in [1.165, 1.54) is 0 Å². The third-order valence-corrected chi connectivity index (χ3v) is 4.96. The van der Waals surface area contributed by atoms with Gasteiger partial charge in [-0.1, -0.05) is 6.08 Å². The van der Waals surface area contributed by atoms with Crippen molar-refractivity contribution in [2.75, 3.05) is 13.1 Å². The molecule has 1 aliphatic heterocycles. The van der Waals surface area contributed by atoms with Gasteiger partial charge in [-0.25, -0.2) is 9.97 Å². The second kappa shape index (κ2) is 6.17. The van der Waals surface area contributed by atoms with Gasteiger partial charge >= 0.3 is 0 Å². The number of nitrogens with zero attached hydrogens (tertiary/aromatic N) is 4. The molecule has 0 fully saturated rings. The number of nitrogens with one attached hydrogen (secondary N) is 1. The van der Waals surface area contributed by atoms with Crippen molar-refractivity contribution in [2.24, 2.45) is 0 Å². The Morgan fingerprint density at radius 2 is 1.81 bits per heavy atom. The van der Waals surface area contributed by atoms with Gasteiger partial charge in [-0.05, 0) is 55.3 Å². The molecule has 6 heteroatoms. The minimum Gasteiger partial charge on any atom is -0.313 e. The van der Waals surface area contributed by atoms with Gasteiger partial charge in [0.1, 0.15) is 11.3 Å². The van der Waals surface area contributed by atoms with E-state index >= 15 is 0 Å². The first-order valence-electron chi connectivity index (χ1n) is 9.07. The Hall–Kier alpha value is -3.25. The minimum atomic E-state index is -0.0594. The van der Waals surface area contributed by atoms with Gasteiger partial charge < -0.3 is 9.72 Å². The van der Waals surface area contributed by atoms with Crippen molar-refractivity contribution in [3.63, 3.8) is 0 Å². The molecule has 0 radical (unpaired) electrons. The van der Waals surface area contributed by atoms with E-state index in [2.05, 4.69) is 16.4 Å². The zero-order valence-electron chi connectivity index (χ0n) is 15.0. The standard InChI is InChI=1S/C21H19N5O/c1-14-11-25-12-16(2-4-19(25)23-14)17-3-5-20-24-18(10-21(27)26(20)13-17)15-6-8-22-9-7-15/h2-6,10-13,22H,7-9H2,1H3. The molecule has 1 aliphatic rings. The lowest BCUT2D eigenvalue weighted by atomic mass is 10.1. The SMILES string of the molecule is Cc1cn2cc(-c3ccc4nc(C5=CCNCC5)cc(=O)n4c3)ccc2n1. The number of hydrogen-bond donors (Lipinski definition) is 1. The lowest BCUT2D eigenvalue weighted by molar-refractivity contribution is 0.736. The van der Waals surface area contributed by atoms with E-state index < -0.39 is 0 Å². The summed E-state index contributed by atoms with van der Waals surface area (Å²) < 4.78 is 3.62. The predicted molar refractivity (Wildman–Crippen MR) is 106 cm³/mol. The number of aromatic nitrogens is 4. The highest BCUT2D eigenvalue weighted by molar-refractivity contribution is 5.68. The summed E-state index contributed by atoms with van der Waals surface area (Å²) in [7, 11) is 0. The highest BCUT2D eigenvalue weighted by Crippen LogP contribution is 2.22. The van der Waals surface area contributed by atoms with Gasteiger partial charge in [-0.15, -0.1) is 0 Å². The number of aryl methyl sites for hydroxylation is 1. The topological polar surface area (TPSA) is 63.7 Å². The van der Waals surface area contributed by atoms with Crippen LogP contribution in [-0.2, 0) is 0 Å². The van der Waals surface area contributed by atoms with Crippen molar-refractivity contribution in [3.05, 3.63) is 76.7 Å². The van der Waals surface area contributed by atoms with Crippen molar-refractivity contribution in [1.29, 1.82) is 0 Å². The third-order valence-electron chi connectivity index (χ3n) is 4.96. The first kappa shape index (κ1) is 16.0. The first-order chi connectivity index (χ1) is 13.2. The molecular formula is C21H19N5O. The van der Waals surface area contributed by atoms with Crippen LogP contribution >= 0.6 is 0 Å². The van der Waals surface area contributed by atoms with Gasteiger partial charge in [0, 0.05) is 36.8 Å². The summed E-state index contributed by atoms with van der Waals surface area (Å²) in [6.07, 6.45) is 8.88. The Morgan fingerprint density at radius 3 is 2.63 bits per heavy atom. The number of hydrogen-bond acceptors (Lipinski definition) is 4. The molecule has 0 atom stereocenters. The molecule has 27 heavy (non-hydrogen) atoms. The van der Waals surface area contributed by atoms with Crippen molar-refractivity contribution < 1.29 is 0 Å². The Bertz CT molecular complexity index is 1260.